The molecule has 0 saturated carbocycles. The average Bonchev–Trinajstić information content (AvgIpc) is 2.73. The fourth-order valence-electron chi connectivity index (χ4n) is 3.57. The number of amides is 1. The van der Waals surface area contributed by atoms with E-state index in [0.717, 1.165) is 16.7 Å². The van der Waals surface area contributed by atoms with Crippen LogP contribution >= 0.6 is 23.2 Å². The third-order valence-electron chi connectivity index (χ3n) is 4.85. The molecule has 1 aliphatic rings. The minimum absolute atomic E-state index is 0.150. The number of benzene rings is 2. The van der Waals surface area contributed by atoms with Gasteiger partial charge in [-0.1, -0.05) is 54.4 Å². The summed E-state index contributed by atoms with van der Waals surface area (Å²) in [4.78, 5) is 26.0. The Morgan fingerprint density at radius 1 is 1.23 bits per heavy atom. The molecule has 0 fully saturated rings. The molecular weight excluding hydrogens is 373 g/mol. The number of fused-ring (bicyclic) bond motifs is 1. The van der Waals surface area contributed by atoms with Crippen molar-refractivity contribution >= 4 is 35.1 Å². The fourth-order valence-corrected chi connectivity index (χ4v) is 4.01. The first-order valence-corrected chi connectivity index (χ1v) is 9.23. The fraction of sp³-hybridized carbons (Fsp3) is 0.300. The summed E-state index contributed by atoms with van der Waals surface area (Å²) in [6, 6.07) is 12.0. The molecule has 0 saturated heterocycles. The van der Waals surface area contributed by atoms with Gasteiger partial charge in [-0.2, -0.15) is 0 Å². The van der Waals surface area contributed by atoms with E-state index >= 15 is 0 Å². The van der Waals surface area contributed by atoms with Crippen LogP contribution in [-0.4, -0.2) is 34.5 Å². The highest BCUT2D eigenvalue weighted by Gasteiger charge is 2.35. The smallest absolute Gasteiger partial charge is 0.326 e. The van der Waals surface area contributed by atoms with E-state index in [1.807, 2.05) is 30.3 Å². The number of carboxylic acids is 1. The van der Waals surface area contributed by atoms with E-state index in [9.17, 15) is 14.7 Å². The predicted molar refractivity (Wildman–Crippen MR) is 102 cm³/mol. The first-order chi connectivity index (χ1) is 12.4. The molecule has 4 nitrogen and oxygen atoms in total. The second-order valence-corrected chi connectivity index (χ2v) is 7.25. The summed E-state index contributed by atoms with van der Waals surface area (Å²) in [5.41, 5.74) is 2.63. The molecule has 1 amide bonds. The van der Waals surface area contributed by atoms with Crippen LogP contribution in [0.3, 0.4) is 0 Å². The van der Waals surface area contributed by atoms with Gasteiger partial charge < -0.3 is 10.0 Å². The number of carbonyl (C=O) groups is 2. The van der Waals surface area contributed by atoms with Gasteiger partial charge in [0.1, 0.15) is 6.04 Å². The van der Waals surface area contributed by atoms with E-state index in [2.05, 4.69) is 0 Å². The Kier molecular flexibility index (Phi) is 5.54. The molecule has 2 aromatic carbocycles. The van der Waals surface area contributed by atoms with E-state index in [-0.39, 0.29) is 24.8 Å². The SMILES string of the molecule is CCC(C(=O)O)N1CC(c2ccccc2Cl)c2cc(Cl)ccc2CC1=O. The Morgan fingerprint density at radius 2 is 1.96 bits per heavy atom. The summed E-state index contributed by atoms with van der Waals surface area (Å²) in [6.45, 7) is 2.02. The molecule has 136 valence electrons. The van der Waals surface area contributed by atoms with Crippen LogP contribution in [0.25, 0.3) is 0 Å². The van der Waals surface area contributed by atoms with E-state index in [0.29, 0.717) is 16.5 Å². The molecular formula is C20H19Cl2NO3. The van der Waals surface area contributed by atoms with Crippen molar-refractivity contribution in [2.24, 2.45) is 0 Å². The number of nitrogens with zero attached hydrogens (tertiary/aromatic N) is 1. The highest BCUT2D eigenvalue weighted by Crippen LogP contribution is 2.37. The quantitative estimate of drug-likeness (QED) is 0.841. The van der Waals surface area contributed by atoms with E-state index in [1.165, 1.54) is 4.90 Å². The number of rotatable bonds is 4. The standard InChI is InChI=1S/C20H19Cl2NO3/c1-2-18(20(25)26)23-11-16(14-5-3-4-6-17(14)22)15-10-13(21)8-7-12(15)9-19(23)24/h3-8,10,16,18H,2,9,11H2,1H3,(H,25,26). The maximum absolute atomic E-state index is 12.8. The summed E-state index contributed by atoms with van der Waals surface area (Å²) >= 11 is 12.6. The average molecular weight is 392 g/mol. The zero-order chi connectivity index (χ0) is 18.8. The van der Waals surface area contributed by atoms with Crippen LogP contribution in [0.15, 0.2) is 42.5 Å². The van der Waals surface area contributed by atoms with E-state index < -0.39 is 12.0 Å². The maximum Gasteiger partial charge on any atom is 0.326 e. The van der Waals surface area contributed by atoms with Gasteiger partial charge in [-0.25, -0.2) is 4.79 Å². The molecule has 0 spiro atoms. The van der Waals surface area contributed by atoms with Gasteiger partial charge in [0, 0.05) is 22.5 Å². The van der Waals surface area contributed by atoms with Crippen molar-refractivity contribution in [2.45, 2.75) is 31.7 Å². The molecule has 6 heteroatoms. The first kappa shape index (κ1) is 18.7. The van der Waals surface area contributed by atoms with E-state index in [4.69, 9.17) is 23.2 Å². The Bertz CT molecular complexity index is 853. The van der Waals surface area contributed by atoms with Crippen LogP contribution in [0.2, 0.25) is 10.0 Å². The predicted octanol–water partition coefficient (Wildman–Crippen LogP) is 4.37. The highest BCUT2D eigenvalue weighted by molar-refractivity contribution is 6.31. The Hall–Kier alpha value is -2.04. The van der Waals surface area contributed by atoms with Crippen molar-refractivity contribution < 1.29 is 14.7 Å². The number of carbonyl (C=O) groups excluding carboxylic acids is 1. The van der Waals surface area contributed by atoms with Crippen molar-refractivity contribution in [3.63, 3.8) is 0 Å². The first-order valence-electron chi connectivity index (χ1n) is 8.47. The minimum atomic E-state index is -0.997. The summed E-state index contributed by atoms with van der Waals surface area (Å²) in [6.07, 6.45) is 0.491. The monoisotopic (exact) mass is 391 g/mol. The lowest BCUT2D eigenvalue weighted by Crippen LogP contribution is -2.46. The Labute approximate surface area is 162 Å². The number of hydrogen-bond donors (Lipinski definition) is 1. The van der Waals surface area contributed by atoms with Gasteiger partial charge in [-0.15, -0.1) is 0 Å². The van der Waals surface area contributed by atoms with Crippen molar-refractivity contribution in [3.8, 4) is 0 Å². The molecule has 1 heterocycles. The van der Waals surface area contributed by atoms with Gasteiger partial charge in [0.25, 0.3) is 0 Å². The van der Waals surface area contributed by atoms with Crippen molar-refractivity contribution in [1.82, 2.24) is 4.90 Å². The lowest BCUT2D eigenvalue weighted by molar-refractivity contribution is -0.150. The largest absolute Gasteiger partial charge is 0.480 e. The highest BCUT2D eigenvalue weighted by atomic mass is 35.5. The van der Waals surface area contributed by atoms with Crippen molar-refractivity contribution in [3.05, 3.63) is 69.2 Å². The Balaban J connectivity index is 2.15. The second kappa shape index (κ2) is 7.68. The lowest BCUT2D eigenvalue weighted by atomic mass is 9.88. The zero-order valence-electron chi connectivity index (χ0n) is 14.3. The molecule has 0 bridgehead atoms. The van der Waals surface area contributed by atoms with Crippen LogP contribution in [0.4, 0.5) is 0 Å². The van der Waals surface area contributed by atoms with Gasteiger partial charge >= 0.3 is 5.97 Å². The lowest BCUT2D eigenvalue weighted by Gasteiger charge is -2.30. The number of halogens is 2. The maximum atomic E-state index is 12.8. The molecule has 0 aromatic heterocycles. The molecule has 26 heavy (non-hydrogen) atoms. The van der Waals surface area contributed by atoms with Crippen LogP contribution in [-0.2, 0) is 16.0 Å². The number of hydrogen-bond acceptors (Lipinski definition) is 2. The number of carboxylic acid groups (broad SMARTS) is 1. The van der Waals surface area contributed by atoms with Gasteiger partial charge in [0.2, 0.25) is 5.91 Å². The molecule has 2 aromatic rings. The summed E-state index contributed by atoms with van der Waals surface area (Å²) in [5.74, 6) is -1.43. The van der Waals surface area contributed by atoms with Gasteiger partial charge in [0.15, 0.2) is 0 Å². The van der Waals surface area contributed by atoms with Gasteiger partial charge in [-0.05, 0) is 41.3 Å². The molecule has 3 rings (SSSR count). The summed E-state index contributed by atoms with van der Waals surface area (Å²) in [5, 5.41) is 10.7. The number of aliphatic carboxylic acids is 1. The van der Waals surface area contributed by atoms with E-state index in [1.54, 1.807) is 19.1 Å². The van der Waals surface area contributed by atoms with Crippen molar-refractivity contribution in [1.29, 1.82) is 0 Å². The zero-order valence-corrected chi connectivity index (χ0v) is 15.8. The molecule has 1 aliphatic heterocycles. The second-order valence-electron chi connectivity index (χ2n) is 6.40. The molecule has 2 unspecified atom stereocenters. The molecule has 2 atom stereocenters. The topological polar surface area (TPSA) is 57.6 Å². The van der Waals surface area contributed by atoms with Crippen molar-refractivity contribution in [2.75, 3.05) is 6.54 Å². The molecule has 0 radical (unpaired) electrons. The normalized spacial score (nSPS) is 18.2. The van der Waals surface area contributed by atoms with Crippen LogP contribution in [0.5, 0.6) is 0 Å². The summed E-state index contributed by atoms with van der Waals surface area (Å²) in [7, 11) is 0. The summed E-state index contributed by atoms with van der Waals surface area (Å²) < 4.78 is 0. The third-order valence-corrected chi connectivity index (χ3v) is 5.43. The third kappa shape index (κ3) is 3.57. The van der Waals surface area contributed by atoms with Crippen LogP contribution < -0.4 is 0 Å². The molecule has 1 N–H and O–H groups in total. The van der Waals surface area contributed by atoms with Crippen LogP contribution in [0, 0.1) is 0 Å². The molecule has 0 aliphatic carbocycles. The van der Waals surface area contributed by atoms with Gasteiger partial charge in [0.05, 0.1) is 6.42 Å². The Morgan fingerprint density at radius 3 is 2.62 bits per heavy atom. The minimum Gasteiger partial charge on any atom is -0.480 e. The van der Waals surface area contributed by atoms with Crippen LogP contribution in [0.1, 0.15) is 36.0 Å². The van der Waals surface area contributed by atoms with Gasteiger partial charge in [-0.3, -0.25) is 4.79 Å².